The number of nitrogens with one attached hydrogen (secondary N) is 1. The molecule has 1 saturated carbocycles. The molecule has 3 N–H and O–H groups in total. The van der Waals surface area contributed by atoms with Gasteiger partial charge in [-0.1, -0.05) is 6.42 Å². The van der Waals surface area contributed by atoms with Crippen LogP contribution < -0.4 is 15.8 Å². The Kier molecular flexibility index (Phi) is 6.48. The molecule has 0 unspecified atom stereocenters. The van der Waals surface area contributed by atoms with Crippen LogP contribution in [0, 0.1) is 0 Å². The largest absolute Gasteiger partial charge is 0.473 e. The molecule has 0 atom stereocenters. The molecule has 0 spiro atoms. The van der Waals surface area contributed by atoms with Crippen LogP contribution in [0.15, 0.2) is 6.33 Å². The van der Waals surface area contributed by atoms with Gasteiger partial charge in [-0.2, -0.15) is 4.98 Å². The molecule has 0 amide bonds. The number of nitrogen functional groups attached to an aromatic ring is 1. The molecule has 7 heteroatoms. The van der Waals surface area contributed by atoms with E-state index in [1.165, 1.54) is 25.6 Å². The topological polar surface area (TPSA) is 85.5 Å². The molecule has 2 fully saturated rings. The zero-order chi connectivity index (χ0) is 16.6. The number of hydrogen-bond acceptors (Lipinski definition) is 7. The van der Waals surface area contributed by atoms with Crippen LogP contribution in [0.4, 0.5) is 11.5 Å². The molecule has 0 radical (unpaired) electrons. The van der Waals surface area contributed by atoms with Gasteiger partial charge in [0.1, 0.15) is 18.1 Å². The van der Waals surface area contributed by atoms with E-state index in [4.69, 9.17) is 15.2 Å². The summed E-state index contributed by atoms with van der Waals surface area (Å²) < 4.78 is 11.4. The van der Waals surface area contributed by atoms with Gasteiger partial charge in [0, 0.05) is 19.6 Å². The number of hydrogen-bond donors (Lipinski definition) is 2. The van der Waals surface area contributed by atoms with Gasteiger partial charge in [0.05, 0.1) is 13.2 Å². The molecule has 1 aliphatic carbocycles. The summed E-state index contributed by atoms with van der Waals surface area (Å²) in [5.74, 6) is 1.20. The molecule has 3 rings (SSSR count). The van der Waals surface area contributed by atoms with Crippen LogP contribution in [0.3, 0.4) is 0 Å². The van der Waals surface area contributed by atoms with E-state index in [1.54, 1.807) is 0 Å². The van der Waals surface area contributed by atoms with E-state index in [-0.39, 0.29) is 6.10 Å². The fourth-order valence-corrected chi connectivity index (χ4v) is 3.29. The first kappa shape index (κ1) is 17.2. The zero-order valence-electron chi connectivity index (χ0n) is 14.4. The Morgan fingerprint density at radius 2 is 2.00 bits per heavy atom. The molecule has 7 nitrogen and oxygen atoms in total. The number of aromatic nitrogens is 2. The van der Waals surface area contributed by atoms with Gasteiger partial charge in [0.15, 0.2) is 5.82 Å². The number of nitrogens with zero attached hydrogens (tertiary/aromatic N) is 3. The maximum atomic E-state index is 6.19. The standard InChI is InChI=1S/C17H29N5O2/c18-15-16(19-7-4-8-22-9-11-23-12-10-22)20-13-21-17(15)24-14-5-2-1-3-6-14/h13-14H,1-12,18H2,(H,19,20,21). The lowest BCUT2D eigenvalue weighted by molar-refractivity contribution is 0.0378. The fourth-order valence-electron chi connectivity index (χ4n) is 3.29. The van der Waals surface area contributed by atoms with Crippen molar-refractivity contribution in [2.75, 3.05) is 50.4 Å². The first-order chi connectivity index (χ1) is 11.8. The van der Waals surface area contributed by atoms with Gasteiger partial charge >= 0.3 is 0 Å². The molecular weight excluding hydrogens is 306 g/mol. The van der Waals surface area contributed by atoms with Crippen LogP contribution in [-0.4, -0.2) is 60.4 Å². The third kappa shape index (κ3) is 4.95. The highest BCUT2D eigenvalue weighted by Crippen LogP contribution is 2.29. The number of ether oxygens (including phenoxy) is 2. The van der Waals surface area contributed by atoms with Gasteiger partial charge in [-0.15, -0.1) is 0 Å². The maximum absolute atomic E-state index is 6.19. The van der Waals surface area contributed by atoms with Crippen LogP contribution >= 0.6 is 0 Å². The second-order valence-electron chi connectivity index (χ2n) is 6.55. The predicted octanol–water partition coefficient (Wildman–Crippen LogP) is 1.90. The van der Waals surface area contributed by atoms with Crippen molar-refractivity contribution < 1.29 is 9.47 Å². The molecule has 1 aliphatic heterocycles. The Morgan fingerprint density at radius 3 is 2.79 bits per heavy atom. The number of morpholine rings is 1. The van der Waals surface area contributed by atoms with Crippen LogP contribution in [-0.2, 0) is 4.74 Å². The SMILES string of the molecule is Nc1c(NCCCN2CCOCC2)ncnc1OC1CCCCC1. The van der Waals surface area contributed by atoms with Gasteiger partial charge < -0.3 is 20.5 Å². The van der Waals surface area contributed by atoms with Crippen molar-refractivity contribution in [2.24, 2.45) is 0 Å². The Bertz CT molecular complexity index is 502. The minimum absolute atomic E-state index is 0.241. The van der Waals surface area contributed by atoms with E-state index in [0.29, 0.717) is 17.4 Å². The molecule has 2 aliphatic rings. The fraction of sp³-hybridized carbons (Fsp3) is 0.765. The molecule has 2 heterocycles. The lowest BCUT2D eigenvalue weighted by Gasteiger charge is -2.26. The third-order valence-corrected chi connectivity index (χ3v) is 4.73. The minimum Gasteiger partial charge on any atom is -0.473 e. The van der Waals surface area contributed by atoms with E-state index in [2.05, 4.69) is 20.2 Å². The van der Waals surface area contributed by atoms with Gasteiger partial charge in [-0.3, -0.25) is 4.90 Å². The molecule has 0 aromatic carbocycles. The second-order valence-corrected chi connectivity index (χ2v) is 6.55. The average Bonchev–Trinajstić information content (AvgIpc) is 2.63. The van der Waals surface area contributed by atoms with Crippen molar-refractivity contribution in [3.63, 3.8) is 0 Å². The van der Waals surface area contributed by atoms with Crippen LogP contribution in [0.25, 0.3) is 0 Å². The van der Waals surface area contributed by atoms with Gasteiger partial charge in [-0.05, 0) is 38.6 Å². The highest BCUT2D eigenvalue weighted by Gasteiger charge is 2.18. The van der Waals surface area contributed by atoms with Crippen molar-refractivity contribution in [2.45, 2.75) is 44.6 Å². The van der Waals surface area contributed by atoms with Crippen LogP contribution in [0.2, 0.25) is 0 Å². The molecule has 0 bridgehead atoms. The van der Waals surface area contributed by atoms with Gasteiger partial charge in [0.2, 0.25) is 5.88 Å². The van der Waals surface area contributed by atoms with E-state index in [9.17, 15) is 0 Å². The minimum atomic E-state index is 0.241. The summed E-state index contributed by atoms with van der Waals surface area (Å²) in [7, 11) is 0. The molecule has 1 aromatic heterocycles. The first-order valence-electron chi connectivity index (χ1n) is 9.14. The molecule has 24 heavy (non-hydrogen) atoms. The lowest BCUT2D eigenvalue weighted by atomic mass is 9.98. The highest BCUT2D eigenvalue weighted by molar-refractivity contribution is 5.66. The van der Waals surface area contributed by atoms with Crippen molar-refractivity contribution in [1.82, 2.24) is 14.9 Å². The zero-order valence-corrected chi connectivity index (χ0v) is 14.4. The van der Waals surface area contributed by atoms with Crippen molar-refractivity contribution >= 4 is 11.5 Å². The quantitative estimate of drug-likeness (QED) is 0.736. The summed E-state index contributed by atoms with van der Waals surface area (Å²) in [5.41, 5.74) is 6.71. The lowest BCUT2D eigenvalue weighted by Crippen LogP contribution is -2.37. The summed E-state index contributed by atoms with van der Waals surface area (Å²) in [6.07, 6.45) is 8.74. The van der Waals surface area contributed by atoms with E-state index < -0.39 is 0 Å². The van der Waals surface area contributed by atoms with Crippen molar-refractivity contribution in [3.05, 3.63) is 6.33 Å². The smallest absolute Gasteiger partial charge is 0.242 e. The van der Waals surface area contributed by atoms with E-state index >= 15 is 0 Å². The van der Waals surface area contributed by atoms with Crippen LogP contribution in [0.5, 0.6) is 5.88 Å². The summed E-state index contributed by atoms with van der Waals surface area (Å²) in [6, 6.07) is 0. The normalized spacial score (nSPS) is 20.0. The summed E-state index contributed by atoms with van der Waals surface area (Å²) >= 11 is 0. The molecule has 134 valence electrons. The summed E-state index contributed by atoms with van der Waals surface area (Å²) in [4.78, 5) is 10.9. The Balaban J connectivity index is 1.45. The number of nitrogens with two attached hydrogens (primary N) is 1. The predicted molar refractivity (Wildman–Crippen MR) is 94.3 cm³/mol. The Morgan fingerprint density at radius 1 is 1.21 bits per heavy atom. The third-order valence-electron chi connectivity index (χ3n) is 4.73. The average molecular weight is 335 g/mol. The highest BCUT2D eigenvalue weighted by atomic mass is 16.5. The van der Waals surface area contributed by atoms with E-state index in [1.807, 2.05) is 0 Å². The van der Waals surface area contributed by atoms with Crippen molar-refractivity contribution in [3.8, 4) is 5.88 Å². The van der Waals surface area contributed by atoms with Crippen molar-refractivity contribution in [1.29, 1.82) is 0 Å². The van der Waals surface area contributed by atoms with E-state index in [0.717, 1.165) is 58.7 Å². The summed E-state index contributed by atoms with van der Waals surface area (Å²) in [5, 5.41) is 3.32. The molecule has 1 saturated heterocycles. The van der Waals surface area contributed by atoms with Crippen LogP contribution in [0.1, 0.15) is 38.5 Å². The Labute approximate surface area is 143 Å². The second kappa shape index (κ2) is 9.03. The number of rotatable bonds is 7. The van der Waals surface area contributed by atoms with Gasteiger partial charge in [0.25, 0.3) is 0 Å². The Hall–Kier alpha value is -1.60. The summed E-state index contributed by atoms with van der Waals surface area (Å²) in [6.45, 7) is 5.63. The monoisotopic (exact) mass is 335 g/mol. The first-order valence-corrected chi connectivity index (χ1v) is 9.14. The molecular formula is C17H29N5O2. The molecule has 1 aromatic rings. The maximum Gasteiger partial charge on any atom is 0.242 e. The number of anilines is 2. The van der Waals surface area contributed by atoms with Gasteiger partial charge in [-0.25, -0.2) is 4.98 Å².